The van der Waals surface area contributed by atoms with Crippen molar-refractivity contribution in [1.82, 2.24) is 0 Å². The number of carbonyl (C=O) groups is 2. The van der Waals surface area contributed by atoms with Gasteiger partial charge in [-0.1, -0.05) is 48.5 Å². The highest BCUT2D eigenvalue weighted by Crippen LogP contribution is 2.22. The first-order valence-electron chi connectivity index (χ1n) is 8.93. The van der Waals surface area contributed by atoms with E-state index in [9.17, 15) is 9.59 Å². The Labute approximate surface area is 163 Å². The lowest BCUT2D eigenvalue weighted by molar-refractivity contribution is -0.136. The third kappa shape index (κ3) is 5.71. The summed E-state index contributed by atoms with van der Waals surface area (Å²) in [4.78, 5) is 23.1. The molecule has 0 saturated carbocycles. The molecule has 5 heteroatoms. The summed E-state index contributed by atoms with van der Waals surface area (Å²) in [7, 11) is 0. The molecule has 28 heavy (non-hydrogen) atoms. The number of hydrogen-bond donors (Lipinski definition) is 1. The first-order valence-corrected chi connectivity index (χ1v) is 8.93. The molecule has 0 radical (unpaired) electrons. The van der Waals surface area contributed by atoms with E-state index in [-0.39, 0.29) is 12.5 Å². The number of anilines is 1. The maximum absolute atomic E-state index is 12.1. The molecule has 0 aliphatic carbocycles. The lowest BCUT2D eigenvalue weighted by atomic mass is 10.0. The van der Waals surface area contributed by atoms with E-state index >= 15 is 0 Å². The van der Waals surface area contributed by atoms with Gasteiger partial charge < -0.3 is 14.8 Å². The predicted octanol–water partition coefficient (Wildman–Crippen LogP) is 4.22. The topological polar surface area (TPSA) is 64.6 Å². The average molecular weight is 375 g/mol. The van der Waals surface area contributed by atoms with Gasteiger partial charge in [0.15, 0.2) is 6.61 Å². The summed E-state index contributed by atoms with van der Waals surface area (Å²) in [5.74, 6) is 0.388. The summed E-state index contributed by atoms with van der Waals surface area (Å²) < 4.78 is 11.0. The number of benzene rings is 3. The summed E-state index contributed by atoms with van der Waals surface area (Å²) in [6.45, 7) is 1.24. The molecular weight excluding hydrogens is 354 g/mol. The number of amides is 1. The van der Waals surface area contributed by atoms with Crippen molar-refractivity contribution in [2.45, 2.75) is 13.3 Å². The number of carbonyl (C=O) groups excluding carboxylic acids is 2. The first-order chi connectivity index (χ1) is 13.6. The van der Waals surface area contributed by atoms with Crippen molar-refractivity contribution in [3.8, 4) is 11.5 Å². The van der Waals surface area contributed by atoms with E-state index < -0.39 is 5.97 Å². The van der Waals surface area contributed by atoms with Gasteiger partial charge in [-0.2, -0.15) is 0 Å². The highest BCUT2D eigenvalue weighted by molar-refractivity contribution is 5.88. The van der Waals surface area contributed by atoms with Crippen LogP contribution < -0.4 is 14.8 Å². The van der Waals surface area contributed by atoms with E-state index in [4.69, 9.17) is 9.47 Å². The van der Waals surface area contributed by atoms with Gasteiger partial charge in [-0.3, -0.25) is 4.79 Å². The van der Waals surface area contributed by atoms with Crippen LogP contribution in [0.2, 0.25) is 0 Å². The fourth-order valence-electron chi connectivity index (χ4n) is 2.71. The standard InChI is InChI=1S/C23H21NO4/c1-17(25)24-20-11-13-21(14-12-20)28-23(26)16-27-22-10-6-5-9-19(22)15-18-7-3-2-4-8-18/h2-14H,15-16H2,1H3,(H,24,25). The highest BCUT2D eigenvalue weighted by atomic mass is 16.6. The van der Waals surface area contributed by atoms with E-state index in [2.05, 4.69) is 17.4 Å². The molecule has 0 unspecified atom stereocenters. The van der Waals surface area contributed by atoms with Crippen LogP contribution >= 0.6 is 0 Å². The van der Waals surface area contributed by atoms with Gasteiger partial charge in [0.05, 0.1) is 0 Å². The zero-order chi connectivity index (χ0) is 19.8. The van der Waals surface area contributed by atoms with E-state index in [1.807, 2.05) is 42.5 Å². The molecule has 0 spiro atoms. The maximum Gasteiger partial charge on any atom is 0.349 e. The van der Waals surface area contributed by atoms with Gasteiger partial charge in [-0.25, -0.2) is 4.79 Å². The summed E-state index contributed by atoms with van der Waals surface area (Å²) >= 11 is 0. The number of para-hydroxylation sites is 1. The van der Waals surface area contributed by atoms with Crippen molar-refractivity contribution in [3.05, 3.63) is 90.0 Å². The van der Waals surface area contributed by atoms with Gasteiger partial charge in [0, 0.05) is 19.0 Å². The number of esters is 1. The van der Waals surface area contributed by atoms with Gasteiger partial charge in [-0.05, 0) is 41.5 Å². The maximum atomic E-state index is 12.1. The average Bonchev–Trinajstić information content (AvgIpc) is 2.69. The molecule has 5 nitrogen and oxygen atoms in total. The van der Waals surface area contributed by atoms with Gasteiger partial charge in [0.1, 0.15) is 11.5 Å². The molecule has 0 aliphatic heterocycles. The minimum absolute atomic E-state index is 0.160. The third-order valence-electron chi connectivity index (χ3n) is 3.96. The molecule has 0 aliphatic rings. The van der Waals surface area contributed by atoms with Crippen LogP contribution in [0.4, 0.5) is 5.69 Å². The Morgan fingerprint density at radius 2 is 1.54 bits per heavy atom. The second-order valence-electron chi connectivity index (χ2n) is 6.24. The van der Waals surface area contributed by atoms with Crippen LogP contribution in [0.15, 0.2) is 78.9 Å². The Kier molecular flexibility index (Phi) is 6.41. The summed E-state index contributed by atoms with van der Waals surface area (Å²) in [6.07, 6.45) is 0.719. The van der Waals surface area contributed by atoms with Crippen molar-refractivity contribution in [2.75, 3.05) is 11.9 Å². The largest absolute Gasteiger partial charge is 0.482 e. The van der Waals surface area contributed by atoms with Gasteiger partial charge in [-0.15, -0.1) is 0 Å². The molecule has 1 amide bonds. The fraction of sp³-hybridized carbons (Fsp3) is 0.130. The summed E-state index contributed by atoms with van der Waals surface area (Å²) in [5, 5.41) is 2.65. The first kappa shape index (κ1) is 19.2. The molecule has 0 saturated heterocycles. The Bertz CT molecular complexity index is 936. The second-order valence-corrected chi connectivity index (χ2v) is 6.24. The Hall–Kier alpha value is -3.60. The molecule has 0 bridgehead atoms. The van der Waals surface area contributed by atoms with Gasteiger partial charge >= 0.3 is 5.97 Å². The molecule has 0 aromatic heterocycles. The molecule has 3 aromatic rings. The van der Waals surface area contributed by atoms with E-state index in [1.165, 1.54) is 12.5 Å². The zero-order valence-electron chi connectivity index (χ0n) is 15.6. The summed E-state index contributed by atoms with van der Waals surface area (Å²) in [5.41, 5.74) is 2.81. The number of ether oxygens (including phenoxy) is 2. The van der Waals surface area contributed by atoms with Crippen LogP contribution in [0.1, 0.15) is 18.1 Å². The molecule has 3 rings (SSSR count). The van der Waals surface area contributed by atoms with E-state index in [0.717, 1.165) is 12.0 Å². The van der Waals surface area contributed by atoms with Crippen LogP contribution in [0.5, 0.6) is 11.5 Å². The van der Waals surface area contributed by atoms with E-state index in [0.29, 0.717) is 17.2 Å². The molecule has 142 valence electrons. The van der Waals surface area contributed by atoms with Crippen LogP contribution in [0.25, 0.3) is 0 Å². The summed E-state index contributed by atoms with van der Waals surface area (Å²) in [6, 6.07) is 24.3. The molecule has 3 aromatic carbocycles. The molecule has 0 atom stereocenters. The van der Waals surface area contributed by atoms with Gasteiger partial charge in [0.2, 0.25) is 5.91 Å². The SMILES string of the molecule is CC(=O)Nc1ccc(OC(=O)COc2ccccc2Cc2ccccc2)cc1. The number of nitrogens with one attached hydrogen (secondary N) is 1. The Morgan fingerprint density at radius 1 is 0.857 bits per heavy atom. The Balaban J connectivity index is 1.57. The highest BCUT2D eigenvalue weighted by Gasteiger charge is 2.09. The lowest BCUT2D eigenvalue weighted by Crippen LogP contribution is -2.18. The van der Waals surface area contributed by atoms with Crippen molar-refractivity contribution in [3.63, 3.8) is 0 Å². The van der Waals surface area contributed by atoms with Crippen molar-refractivity contribution < 1.29 is 19.1 Å². The molecule has 1 N–H and O–H groups in total. The minimum atomic E-state index is -0.498. The molecule has 0 heterocycles. The monoisotopic (exact) mass is 375 g/mol. The van der Waals surface area contributed by atoms with Crippen LogP contribution in [0, 0.1) is 0 Å². The van der Waals surface area contributed by atoms with Crippen molar-refractivity contribution in [2.24, 2.45) is 0 Å². The second kappa shape index (κ2) is 9.37. The zero-order valence-corrected chi connectivity index (χ0v) is 15.6. The molecular formula is C23H21NO4. The third-order valence-corrected chi connectivity index (χ3v) is 3.96. The van der Waals surface area contributed by atoms with Crippen LogP contribution in [-0.4, -0.2) is 18.5 Å². The fourth-order valence-corrected chi connectivity index (χ4v) is 2.71. The normalized spacial score (nSPS) is 10.2. The minimum Gasteiger partial charge on any atom is -0.482 e. The number of hydrogen-bond acceptors (Lipinski definition) is 4. The predicted molar refractivity (Wildman–Crippen MR) is 108 cm³/mol. The number of rotatable bonds is 7. The van der Waals surface area contributed by atoms with Crippen LogP contribution in [-0.2, 0) is 16.0 Å². The Morgan fingerprint density at radius 3 is 2.25 bits per heavy atom. The molecule has 0 fully saturated rings. The lowest BCUT2D eigenvalue weighted by Gasteiger charge is -2.11. The van der Waals surface area contributed by atoms with Crippen LogP contribution in [0.3, 0.4) is 0 Å². The van der Waals surface area contributed by atoms with E-state index in [1.54, 1.807) is 24.3 Å². The van der Waals surface area contributed by atoms with Crippen molar-refractivity contribution >= 4 is 17.6 Å². The van der Waals surface area contributed by atoms with Crippen molar-refractivity contribution in [1.29, 1.82) is 0 Å². The smallest absolute Gasteiger partial charge is 0.349 e. The quantitative estimate of drug-likeness (QED) is 0.496. The van der Waals surface area contributed by atoms with Gasteiger partial charge in [0.25, 0.3) is 0 Å².